The normalized spacial score (nSPS) is 16.6. The summed E-state index contributed by atoms with van der Waals surface area (Å²) in [5.74, 6) is -4.72. The molecule has 1 aliphatic heterocycles. The first-order valence-electron chi connectivity index (χ1n) is 10.9. The quantitative estimate of drug-likeness (QED) is 0.203. The Bertz CT molecular complexity index is 981. The van der Waals surface area contributed by atoms with Crippen LogP contribution in [-0.2, 0) is 35.2 Å². The van der Waals surface area contributed by atoms with E-state index in [2.05, 4.69) is 16.0 Å². The molecule has 1 heterocycles. The molecular weight excluding hydrogens is 462 g/mol. The third-order valence-corrected chi connectivity index (χ3v) is 5.34. The molecule has 3 atom stereocenters. The lowest BCUT2D eigenvalue weighted by molar-refractivity contribution is -0.142. The average Bonchev–Trinajstić information content (AvgIpc) is 3.27. The number of carbonyl (C=O) groups excluding carboxylic acids is 5. The van der Waals surface area contributed by atoms with E-state index in [0.29, 0.717) is 12.0 Å². The predicted molar refractivity (Wildman–Crippen MR) is 121 cm³/mol. The van der Waals surface area contributed by atoms with Gasteiger partial charge in [0.25, 0.3) is 0 Å². The summed E-state index contributed by atoms with van der Waals surface area (Å²) >= 11 is 0. The molecule has 2 rings (SSSR count). The highest BCUT2D eigenvalue weighted by molar-refractivity contribution is 5.96. The molecule has 1 fully saturated rings. The van der Waals surface area contributed by atoms with Crippen molar-refractivity contribution in [3.63, 3.8) is 0 Å². The van der Waals surface area contributed by atoms with E-state index in [4.69, 9.17) is 10.8 Å². The van der Waals surface area contributed by atoms with Crippen molar-refractivity contribution in [3.8, 4) is 5.75 Å². The minimum Gasteiger partial charge on any atom is -0.508 e. The Morgan fingerprint density at radius 1 is 1.09 bits per heavy atom. The van der Waals surface area contributed by atoms with E-state index in [1.807, 2.05) is 0 Å². The number of carboxylic acids is 1. The fraction of sp³-hybridized carbons (Fsp3) is 0.455. The van der Waals surface area contributed by atoms with Crippen molar-refractivity contribution < 1.29 is 39.0 Å². The minimum absolute atomic E-state index is 0.0466. The summed E-state index contributed by atoms with van der Waals surface area (Å²) in [6, 6.07) is 2.74. The Kier molecular flexibility index (Phi) is 9.55. The molecule has 1 saturated heterocycles. The third kappa shape index (κ3) is 8.28. The second-order valence-electron chi connectivity index (χ2n) is 8.16. The average molecular weight is 492 g/mol. The van der Waals surface area contributed by atoms with Crippen LogP contribution in [0.2, 0.25) is 0 Å². The molecule has 3 unspecified atom stereocenters. The molecular formula is C22H29N5O8. The van der Waals surface area contributed by atoms with E-state index in [-0.39, 0.29) is 25.1 Å². The molecule has 1 aromatic carbocycles. The van der Waals surface area contributed by atoms with Crippen molar-refractivity contribution in [3.05, 3.63) is 29.8 Å². The zero-order chi connectivity index (χ0) is 26.1. The molecule has 190 valence electrons. The van der Waals surface area contributed by atoms with Crippen LogP contribution in [0.4, 0.5) is 0 Å². The number of likely N-dealkylation sites (tertiary alicyclic amines) is 1. The molecule has 13 nitrogen and oxygen atoms in total. The van der Waals surface area contributed by atoms with Gasteiger partial charge in [-0.15, -0.1) is 0 Å². The number of phenols is 1. The summed E-state index contributed by atoms with van der Waals surface area (Å²) in [6.45, 7) is 0.775. The van der Waals surface area contributed by atoms with Crippen molar-refractivity contribution in [2.45, 2.75) is 50.7 Å². The lowest BCUT2D eigenvalue weighted by Gasteiger charge is -2.29. The highest BCUT2D eigenvalue weighted by atomic mass is 16.4. The number of carbonyl (C=O) groups is 6. The molecule has 0 spiro atoms. The van der Waals surface area contributed by atoms with Crippen molar-refractivity contribution in [1.29, 1.82) is 0 Å². The Labute approximate surface area is 201 Å². The zero-order valence-electron chi connectivity index (χ0n) is 19.2. The number of nitrogens with two attached hydrogens (primary N) is 1. The van der Waals surface area contributed by atoms with Crippen molar-refractivity contribution in [1.82, 2.24) is 20.9 Å². The number of aliphatic carboxylic acids is 1. The maximum absolute atomic E-state index is 13.3. The maximum atomic E-state index is 13.3. The molecule has 13 heteroatoms. The summed E-state index contributed by atoms with van der Waals surface area (Å²) < 4.78 is 0. The van der Waals surface area contributed by atoms with E-state index in [9.17, 15) is 33.9 Å². The highest BCUT2D eigenvalue weighted by Crippen LogP contribution is 2.20. The molecule has 0 bridgehead atoms. The number of aromatic hydroxyl groups is 1. The van der Waals surface area contributed by atoms with Crippen LogP contribution in [0.1, 0.15) is 31.7 Å². The lowest BCUT2D eigenvalue weighted by atomic mass is 10.0. The predicted octanol–water partition coefficient (Wildman–Crippen LogP) is -2.01. The molecule has 1 aromatic rings. The number of nitrogens with zero attached hydrogens (tertiary/aromatic N) is 1. The Balaban J connectivity index is 2.16. The Morgan fingerprint density at radius 3 is 2.31 bits per heavy atom. The molecule has 5 amide bonds. The Hall–Kier alpha value is -4.16. The number of phenolic OH excluding ortho intramolecular Hbond substituents is 1. The van der Waals surface area contributed by atoms with Gasteiger partial charge in [0.1, 0.15) is 30.4 Å². The summed E-state index contributed by atoms with van der Waals surface area (Å²) in [6.07, 6.45) is 0.323. The third-order valence-electron chi connectivity index (χ3n) is 5.34. The van der Waals surface area contributed by atoms with Crippen LogP contribution < -0.4 is 21.7 Å². The minimum atomic E-state index is -1.42. The molecule has 1 aliphatic rings. The number of hydrogen-bond donors (Lipinski definition) is 6. The number of rotatable bonds is 11. The van der Waals surface area contributed by atoms with Crippen LogP contribution in [0, 0.1) is 0 Å². The van der Waals surface area contributed by atoms with Crippen LogP contribution in [0.25, 0.3) is 0 Å². The molecule has 0 radical (unpaired) electrons. The van der Waals surface area contributed by atoms with E-state index in [1.165, 1.54) is 24.0 Å². The first kappa shape index (κ1) is 27.1. The molecule has 0 aliphatic carbocycles. The van der Waals surface area contributed by atoms with Gasteiger partial charge in [-0.25, -0.2) is 0 Å². The lowest BCUT2D eigenvalue weighted by Crippen LogP contribution is -2.57. The number of hydrogen-bond acceptors (Lipinski definition) is 7. The topological polar surface area (TPSA) is 208 Å². The van der Waals surface area contributed by atoms with Crippen molar-refractivity contribution >= 4 is 35.5 Å². The summed E-state index contributed by atoms with van der Waals surface area (Å²) in [5, 5.41) is 25.2. The largest absolute Gasteiger partial charge is 0.508 e. The summed E-state index contributed by atoms with van der Waals surface area (Å²) in [5.41, 5.74) is 5.83. The van der Waals surface area contributed by atoms with Crippen LogP contribution in [0.3, 0.4) is 0 Å². The molecule has 0 aromatic heterocycles. The number of nitrogens with one attached hydrogen (secondary N) is 3. The number of carboxylic acid groups (broad SMARTS) is 1. The second-order valence-corrected chi connectivity index (χ2v) is 8.16. The van der Waals surface area contributed by atoms with Gasteiger partial charge in [0.2, 0.25) is 29.5 Å². The van der Waals surface area contributed by atoms with E-state index in [0.717, 1.165) is 0 Å². The van der Waals surface area contributed by atoms with Crippen LogP contribution in [0.5, 0.6) is 5.75 Å². The zero-order valence-corrected chi connectivity index (χ0v) is 19.2. The van der Waals surface area contributed by atoms with E-state index in [1.54, 1.807) is 12.1 Å². The maximum Gasteiger partial charge on any atom is 0.322 e. The smallest absolute Gasteiger partial charge is 0.322 e. The SMILES string of the molecule is CC(=O)NC(Cc1ccc(O)cc1)C(=O)N1CCCC1C(=O)NC(CC(N)=O)C(=O)NCC(=O)O. The fourth-order valence-electron chi connectivity index (χ4n) is 3.78. The number of benzene rings is 1. The van der Waals surface area contributed by atoms with Crippen molar-refractivity contribution in [2.24, 2.45) is 5.73 Å². The highest BCUT2D eigenvalue weighted by Gasteiger charge is 2.39. The van der Waals surface area contributed by atoms with Gasteiger partial charge in [0.15, 0.2) is 0 Å². The van der Waals surface area contributed by atoms with Gasteiger partial charge in [0, 0.05) is 19.9 Å². The van der Waals surface area contributed by atoms with E-state index >= 15 is 0 Å². The molecule has 0 saturated carbocycles. The van der Waals surface area contributed by atoms with Gasteiger partial charge in [-0.2, -0.15) is 0 Å². The van der Waals surface area contributed by atoms with Gasteiger partial charge in [-0.3, -0.25) is 28.8 Å². The number of amides is 5. The molecule has 35 heavy (non-hydrogen) atoms. The summed E-state index contributed by atoms with van der Waals surface area (Å²) in [4.78, 5) is 73.6. The van der Waals surface area contributed by atoms with Crippen LogP contribution in [-0.4, -0.2) is 81.8 Å². The van der Waals surface area contributed by atoms with Gasteiger partial charge < -0.3 is 36.8 Å². The van der Waals surface area contributed by atoms with Gasteiger partial charge in [-0.05, 0) is 30.5 Å². The van der Waals surface area contributed by atoms with Gasteiger partial charge in [-0.1, -0.05) is 12.1 Å². The first-order valence-corrected chi connectivity index (χ1v) is 10.9. The standard InChI is InChI=1S/C22H29N5O8/c1-12(28)25-16(9-13-4-6-14(29)7-5-13)22(35)27-8-2-3-17(27)21(34)26-15(10-18(23)30)20(33)24-11-19(31)32/h4-7,15-17,29H,2-3,8-11H2,1H3,(H2,23,30)(H,24,33)(H,25,28)(H,26,34)(H,31,32). The first-order chi connectivity index (χ1) is 16.5. The monoisotopic (exact) mass is 491 g/mol. The molecule has 7 N–H and O–H groups in total. The van der Waals surface area contributed by atoms with Crippen LogP contribution >= 0.6 is 0 Å². The van der Waals surface area contributed by atoms with Crippen LogP contribution in [0.15, 0.2) is 24.3 Å². The van der Waals surface area contributed by atoms with E-state index < -0.39 is 66.6 Å². The van der Waals surface area contributed by atoms with Gasteiger partial charge >= 0.3 is 5.97 Å². The second kappa shape index (κ2) is 12.3. The fourth-order valence-corrected chi connectivity index (χ4v) is 3.78. The summed E-state index contributed by atoms with van der Waals surface area (Å²) in [7, 11) is 0. The Morgan fingerprint density at radius 2 is 1.74 bits per heavy atom. The number of primary amides is 1. The van der Waals surface area contributed by atoms with Crippen molar-refractivity contribution in [2.75, 3.05) is 13.1 Å². The van der Waals surface area contributed by atoms with Gasteiger partial charge in [0.05, 0.1) is 6.42 Å².